The largest absolute Gasteiger partial charge is 0.478 e. The number of ether oxygens (including phenoxy) is 1. The van der Waals surface area contributed by atoms with Gasteiger partial charge in [0, 0.05) is 11.4 Å². The number of carbonyl (C=O) groups excluding carboxylic acids is 1. The fraction of sp³-hybridized carbons (Fsp3) is 0.273. The third kappa shape index (κ3) is 1.65. The highest BCUT2D eigenvalue weighted by molar-refractivity contribution is 6.32. The van der Waals surface area contributed by atoms with Gasteiger partial charge < -0.3 is 9.84 Å². The topological polar surface area (TPSA) is 63.6 Å². The number of fused-ring (bicyclic) bond motifs is 1. The van der Waals surface area contributed by atoms with E-state index in [2.05, 4.69) is 0 Å². The zero-order valence-electron chi connectivity index (χ0n) is 8.49. The third-order valence-corrected chi connectivity index (χ3v) is 2.94. The lowest BCUT2D eigenvalue weighted by Gasteiger charge is -2.23. The first-order valence-corrected chi connectivity index (χ1v) is 5.10. The van der Waals surface area contributed by atoms with Gasteiger partial charge in [-0.3, -0.25) is 0 Å². The molecule has 1 aromatic rings. The van der Waals surface area contributed by atoms with Crippen molar-refractivity contribution in [3.8, 4) is 0 Å². The normalized spacial score (nSPS) is 18.9. The van der Waals surface area contributed by atoms with Crippen LogP contribution in [-0.4, -0.2) is 23.1 Å². The molecule has 0 radical (unpaired) electrons. The Morgan fingerprint density at radius 3 is 2.88 bits per heavy atom. The van der Waals surface area contributed by atoms with Crippen molar-refractivity contribution in [1.29, 1.82) is 0 Å². The number of aliphatic carboxylic acids is 1. The van der Waals surface area contributed by atoms with Crippen LogP contribution in [0.5, 0.6) is 0 Å². The highest BCUT2D eigenvalue weighted by Crippen LogP contribution is 2.29. The van der Waals surface area contributed by atoms with E-state index < -0.39 is 18.0 Å². The Labute approximate surface area is 96.8 Å². The zero-order valence-corrected chi connectivity index (χ0v) is 9.25. The van der Waals surface area contributed by atoms with Gasteiger partial charge in [0.15, 0.2) is 0 Å². The predicted octanol–water partition coefficient (Wildman–Crippen LogP) is 1.81. The van der Waals surface area contributed by atoms with Crippen LogP contribution in [-0.2, 0) is 16.0 Å². The zero-order chi connectivity index (χ0) is 11.9. The van der Waals surface area contributed by atoms with E-state index in [4.69, 9.17) is 21.4 Å². The van der Waals surface area contributed by atoms with E-state index in [-0.39, 0.29) is 6.42 Å². The maximum atomic E-state index is 11.6. The van der Waals surface area contributed by atoms with Gasteiger partial charge in [-0.15, -0.1) is 0 Å². The summed E-state index contributed by atoms with van der Waals surface area (Å²) in [5.41, 5.74) is 1.70. The molecule has 2 rings (SSSR count). The average Bonchev–Trinajstić information content (AvgIpc) is 2.22. The lowest BCUT2D eigenvalue weighted by molar-refractivity contribution is -0.147. The molecule has 16 heavy (non-hydrogen) atoms. The number of benzene rings is 1. The van der Waals surface area contributed by atoms with Gasteiger partial charge >= 0.3 is 11.9 Å². The first-order chi connectivity index (χ1) is 7.50. The second kappa shape index (κ2) is 3.79. The van der Waals surface area contributed by atoms with E-state index >= 15 is 0 Å². The van der Waals surface area contributed by atoms with Crippen LogP contribution < -0.4 is 0 Å². The van der Waals surface area contributed by atoms with E-state index in [0.717, 1.165) is 5.56 Å². The van der Waals surface area contributed by atoms with Gasteiger partial charge in [-0.05, 0) is 24.1 Å². The first kappa shape index (κ1) is 11.0. The number of aryl methyl sites for hydroxylation is 1. The molecule has 0 saturated carbocycles. The molecular weight excluding hydrogens is 232 g/mol. The number of hydrogen-bond donors (Lipinski definition) is 1. The molecule has 1 aliphatic rings. The molecule has 4 nitrogen and oxygen atoms in total. The number of rotatable bonds is 1. The summed E-state index contributed by atoms with van der Waals surface area (Å²) >= 11 is 5.95. The number of carboxylic acid groups (broad SMARTS) is 1. The Morgan fingerprint density at radius 2 is 2.25 bits per heavy atom. The third-order valence-electron chi connectivity index (χ3n) is 2.58. The molecule has 0 bridgehead atoms. The Kier molecular flexibility index (Phi) is 2.59. The Morgan fingerprint density at radius 1 is 1.56 bits per heavy atom. The fourth-order valence-corrected chi connectivity index (χ4v) is 2.01. The monoisotopic (exact) mass is 240 g/mol. The van der Waals surface area contributed by atoms with Crippen LogP contribution >= 0.6 is 11.6 Å². The van der Waals surface area contributed by atoms with Crippen molar-refractivity contribution in [2.24, 2.45) is 0 Å². The Hall–Kier alpha value is -1.55. The molecule has 0 amide bonds. The minimum Gasteiger partial charge on any atom is -0.478 e. The molecular formula is C11H9ClO4. The van der Waals surface area contributed by atoms with Crippen molar-refractivity contribution in [3.05, 3.63) is 33.8 Å². The molecule has 1 unspecified atom stereocenters. The summed E-state index contributed by atoms with van der Waals surface area (Å²) in [6, 6.07) is 3.37. The summed E-state index contributed by atoms with van der Waals surface area (Å²) < 4.78 is 4.81. The van der Waals surface area contributed by atoms with Crippen molar-refractivity contribution in [1.82, 2.24) is 0 Å². The summed E-state index contributed by atoms with van der Waals surface area (Å²) in [4.78, 5) is 22.4. The lowest BCUT2D eigenvalue weighted by Crippen LogP contribution is -2.34. The number of cyclic esters (lactones) is 1. The van der Waals surface area contributed by atoms with E-state index in [1.54, 1.807) is 19.1 Å². The number of carbonyl (C=O) groups is 2. The molecule has 84 valence electrons. The fourth-order valence-electron chi connectivity index (χ4n) is 1.78. The summed E-state index contributed by atoms with van der Waals surface area (Å²) in [5.74, 6) is -1.77. The van der Waals surface area contributed by atoms with Crippen LogP contribution in [0.25, 0.3) is 0 Å². The summed E-state index contributed by atoms with van der Waals surface area (Å²) in [6.07, 6.45) is -1.02. The van der Waals surface area contributed by atoms with Crippen molar-refractivity contribution >= 4 is 23.5 Å². The molecule has 0 spiro atoms. The second-order valence-corrected chi connectivity index (χ2v) is 4.06. The molecule has 1 N–H and O–H groups in total. The maximum absolute atomic E-state index is 11.6. The van der Waals surface area contributed by atoms with Crippen molar-refractivity contribution in [2.75, 3.05) is 0 Å². The molecule has 0 aromatic heterocycles. The second-order valence-electron chi connectivity index (χ2n) is 3.65. The Balaban J connectivity index is 2.54. The van der Waals surface area contributed by atoms with Gasteiger partial charge in [0.2, 0.25) is 6.10 Å². The van der Waals surface area contributed by atoms with Crippen LogP contribution in [0.1, 0.15) is 21.5 Å². The quantitative estimate of drug-likeness (QED) is 0.761. The van der Waals surface area contributed by atoms with E-state index in [9.17, 15) is 9.59 Å². The minimum atomic E-state index is -1.16. The van der Waals surface area contributed by atoms with Gasteiger partial charge in [-0.25, -0.2) is 9.59 Å². The maximum Gasteiger partial charge on any atom is 0.345 e. The number of carboxylic acids is 1. The van der Waals surface area contributed by atoms with Crippen molar-refractivity contribution in [3.63, 3.8) is 0 Å². The van der Waals surface area contributed by atoms with Crippen LogP contribution in [0.4, 0.5) is 0 Å². The van der Waals surface area contributed by atoms with Gasteiger partial charge in [-0.2, -0.15) is 0 Å². The SMILES string of the molecule is Cc1ccc(Cl)c2c1C(=O)OC(C(=O)O)C2. The van der Waals surface area contributed by atoms with Crippen LogP contribution in [0.3, 0.4) is 0 Å². The highest BCUT2D eigenvalue weighted by atomic mass is 35.5. The summed E-state index contributed by atoms with van der Waals surface area (Å²) in [5, 5.41) is 9.23. The molecule has 1 aromatic carbocycles. The van der Waals surface area contributed by atoms with Crippen molar-refractivity contribution in [2.45, 2.75) is 19.4 Å². The first-order valence-electron chi connectivity index (χ1n) is 4.72. The minimum absolute atomic E-state index is 0.122. The smallest absolute Gasteiger partial charge is 0.345 e. The van der Waals surface area contributed by atoms with Gasteiger partial charge in [0.05, 0.1) is 5.56 Å². The molecule has 0 fully saturated rings. The van der Waals surface area contributed by atoms with Crippen LogP contribution in [0.15, 0.2) is 12.1 Å². The molecule has 1 atom stereocenters. The van der Waals surface area contributed by atoms with Gasteiger partial charge in [-0.1, -0.05) is 17.7 Å². The number of halogens is 1. The lowest BCUT2D eigenvalue weighted by atomic mass is 9.95. The highest BCUT2D eigenvalue weighted by Gasteiger charge is 2.33. The average molecular weight is 241 g/mol. The van der Waals surface area contributed by atoms with Crippen LogP contribution in [0, 0.1) is 6.92 Å². The van der Waals surface area contributed by atoms with Crippen LogP contribution in [0.2, 0.25) is 5.02 Å². The Bertz CT molecular complexity index is 481. The van der Waals surface area contributed by atoms with Crippen molar-refractivity contribution < 1.29 is 19.4 Å². The predicted molar refractivity (Wildman–Crippen MR) is 56.7 cm³/mol. The molecule has 1 heterocycles. The molecule has 5 heteroatoms. The van der Waals surface area contributed by atoms with E-state index in [1.807, 2.05) is 0 Å². The van der Waals surface area contributed by atoms with E-state index in [0.29, 0.717) is 16.1 Å². The standard InChI is InChI=1S/C11H9ClO4/c1-5-2-3-7(12)6-4-8(10(13)14)16-11(15)9(5)6/h2-3,8H,4H2,1H3,(H,13,14). The molecule has 0 aliphatic carbocycles. The summed E-state index contributed by atoms with van der Waals surface area (Å²) in [6.45, 7) is 1.76. The van der Waals surface area contributed by atoms with E-state index in [1.165, 1.54) is 0 Å². The van der Waals surface area contributed by atoms with Gasteiger partial charge in [0.1, 0.15) is 0 Å². The van der Waals surface area contributed by atoms with Gasteiger partial charge in [0.25, 0.3) is 0 Å². The number of esters is 1. The number of hydrogen-bond acceptors (Lipinski definition) is 3. The molecule has 1 aliphatic heterocycles. The molecule has 0 saturated heterocycles. The summed E-state index contributed by atoms with van der Waals surface area (Å²) in [7, 11) is 0.